The lowest BCUT2D eigenvalue weighted by Gasteiger charge is -2.33. The first-order chi connectivity index (χ1) is 14.6. The summed E-state index contributed by atoms with van der Waals surface area (Å²) in [7, 11) is 5.61. The number of rotatable bonds is 9. The number of hydrogen-bond acceptors (Lipinski definition) is 5. The lowest BCUT2D eigenvalue weighted by molar-refractivity contribution is -0.134. The largest absolute Gasteiger partial charge is 0.497 e. The quantitative estimate of drug-likeness (QED) is 0.615. The monoisotopic (exact) mass is 432 g/mol. The van der Waals surface area contributed by atoms with Gasteiger partial charge in [-0.3, -0.25) is 14.4 Å². The first kappa shape index (κ1) is 24.7. The van der Waals surface area contributed by atoms with Crippen molar-refractivity contribution in [2.24, 2.45) is 11.3 Å². The summed E-state index contributed by atoms with van der Waals surface area (Å²) in [6.07, 6.45) is 1.27. The molecule has 31 heavy (non-hydrogen) atoms. The summed E-state index contributed by atoms with van der Waals surface area (Å²) in [6.45, 7) is 6.78. The molecular weight excluding hydrogens is 396 g/mol. The Hall–Kier alpha value is -2.61. The maximum Gasteiger partial charge on any atom is 0.251 e. The highest BCUT2D eigenvalue weighted by molar-refractivity contribution is 5.96. The Balaban J connectivity index is 1.73. The van der Waals surface area contributed by atoms with Gasteiger partial charge in [0.25, 0.3) is 5.91 Å². The number of piperidine rings is 1. The fourth-order valence-electron chi connectivity index (χ4n) is 3.89. The minimum Gasteiger partial charge on any atom is -0.497 e. The van der Waals surface area contributed by atoms with Crippen molar-refractivity contribution >= 4 is 17.7 Å². The molecule has 0 bridgehead atoms. The smallest absolute Gasteiger partial charge is 0.251 e. The third-order valence-corrected chi connectivity index (χ3v) is 5.46. The van der Waals surface area contributed by atoms with Gasteiger partial charge in [0.1, 0.15) is 5.75 Å². The number of amides is 3. The maximum atomic E-state index is 12.5. The number of ether oxygens (including phenoxy) is 1. The lowest BCUT2D eigenvalue weighted by Crippen LogP contribution is -2.47. The first-order valence-electron chi connectivity index (χ1n) is 10.7. The van der Waals surface area contributed by atoms with Crippen LogP contribution in [0.4, 0.5) is 0 Å². The van der Waals surface area contributed by atoms with Crippen LogP contribution in [0.2, 0.25) is 0 Å². The van der Waals surface area contributed by atoms with E-state index in [1.807, 2.05) is 14.1 Å². The van der Waals surface area contributed by atoms with Crippen LogP contribution in [0, 0.1) is 11.3 Å². The second-order valence-corrected chi connectivity index (χ2v) is 9.19. The van der Waals surface area contributed by atoms with Crippen LogP contribution in [0.25, 0.3) is 0 Å². The minimum absolute atomic E-state index is 0.00206. The van der Waals surface area contributed by atoms with Crippen molar-refractivity contribution in [1.82, 2.24) is 20.4 Å². The Labute approximate surface area is 185 Å². The fraction of sp³-hybridized carbons (Fsp3) is 0.609. The zero-order valence-corrected chi connectivity index (χ0v) is 19.4. The average Bonchev–Trinajstić information content (AvgIpc) is 2.75. The van der Waals surface area contributed by atoms with E-state index in [1.165, 1.54) is 0 Å². The van der Waals surface area contributed by atoms with E-state index in [0.29, 0.717) is 43.8 Å². The molecule has 0 atom stereocenters. The van der Waals surface area contributed by atoms with Gasteiger partial charge >= 0.3 is 0 Å². The van der Waals surface area contributed by atoms with E-state index in [4.69, 9.17) is 4.74 Å². The van der Waals surface area contributed by atoms with Crippen LogP contribution in [-0.4, -0.2) is 81.5 Å². The van der Waals surface area contributed by atoms with Crippen molar-refractivity contribution in [3.8, 4) is 5.75 Å². The van der Waals surface area contributed by atoms with Gasteiger partial charge in [0.15, 0.2) is 0 Å². The summed E-state index contributed by atoms with van der Waals surface area (Å²) in [4.78, 5) is 41.0. The van der Waals surface area contributed by atoms with E-state index in [2.05, 4.69) is 29.4 Å². The first-order valence-corrected chi connectivity index (χ1v) is 10.7. The summed E-state index contributed by atoms with van der Waals surface area (Å²) < 4.78 is 5.08. The van der Waals surface area contributed by atoms with Crippen LogP contribution < -0.4 is 15.4 Å². The molecule has 172 valence electrons. The van der Waals surface area contributed by atoms with Crippen molar-refractivity contribution < 1.29 is 19.1 Å². The molecule has 0 aliphatic carbocycles. The van der Waals surface area contributed by atoms with Crippen LogP contribution in [0.5, 0.6) is 5.75 Å². The summed E-state index contributed by atoms with van der Waals surface area (Å²) >= 11 is 0. The SMILES string of the molecule is COc1ccc(C(=O)NCC(=O)N2CCC(C(=O)NCC(C)(C)CN(C)C)CC2)cc1. The average molecular weight is 433 g/mol. The van der Waals surface area contributed by atoms with E-state index < -0.39 is 0 Å². The van der Waals surface area contributed by atoms with Crippen molar-refractivity contribution in [3.63, 3.8) is 0 Å². The highest BCUT2D eigenvalue weighted by atomic mass is 16.5. The van der Waals surface area contributed by atoms with Gasteiger partial charge in [-0.15, -0.1) is 0 Å². The van der Waals surface area contributed by atoms with Crippen LogP contribution in [-0.2, 0) is 9.59 Å². The van der Waals surface area contributed by atoms with Crippen molar-refractivity contribution in [2.75, 3.05) is 53.9 Å². The van der Waals surface area contributed by atoms with Crippen LogP contribution >= 0.6 is 0 Å². The summed E-state index contributed by atoms with van der Waals surface area (Å²) in [5.41, 5.74) is 0.471. The summed E-state index contributed by atoms with van der Waals surface area (Å²) in [6, 6.07) is 6.72. The minimum atomic E-state index is -0.300. The van der Waals surface area contributed by atoms with Crippen LogP contribution in [0.15, 0.2) is 24.3 Å². The zero-order valence-electron chi connectivity index (χ0n) is 19.4. The maximum absolute atomic E-state index is 12.5. The number of carbonyl (C=O) groups excluding carboxylic acids is 3. The molecule has 0 unspecified atom stereocenters. The number of benzene rings is 1. The van der Waals surface area contributed by atoms with Gasteiger partial charge in [-0.1, -0.05) is 13.8 Å². The van der Waals surface area contributed by atoms with Gasteiger partial charge in [0.2, 0.25) is 11.8 Å². The fourth-order valence-corrected chi connectivity index (χ4v) is 3.89. The Morgan fingerprint density at radius 1 is 1.10 bits per heavy atom. The molecule has 0 spiro atoms. The molecule has 1 saturated heterocycles. The Morgan fingerprint density at radius 2 is 1.71 bits per heavy atom. The molecule has 1 fully saturated rings. The molecule has 1 aromatic carbocycles. The van der Waals surface area contributed by atoms with Crippen LogP contribution in [0.3, 0.4) is 0 Å². The van der Waals surface area contributed by atoms with Gasteiger partial charge in [-0.05, 0) is 56.6 Å². The molecule has 0 radical (unpaired) electrons. The number of nitrogens with one attached hydrogen (secondary N) is 2. The molecule has 1 heterocycles. The Kier molecular flexibility index (Phi) is 8.86. The van der Waals surface area contributed by atoms with Gasteiger partial charge in [-0.2, -0.15) is 0 Å². The third kappa shape index (κ3) is 7.86. The van der Waals surface area contributed by atoms with E-state index in [-0.39, 0.29) is 35.6 Å². The molecule has 1 aliphatic rings. The van der Waals surface area contributed by atoms with Gasteiger partial charge < -0.3 is 25.2 Å². The molecule has 8 nitrogen and oxygen atoms in total. The number of hydrogen-bond donors (Lipinski definition) is 2. The Bertz CT molecular complexity index is 753. The van der Waals surface area contributed by atoms with Gasteiger partial charge in [-0.25, -0.2) is 0 Å². The number of likely N-dealkylation sites (tertiary alicyclic amines) is 1. The van der Waals surface area contributed by atoms with E-state index >= 15 is 0 Å². The molecular formula is C23H36N4O4. The molecule has 2 rings (SSSR count). The highest BCUT2D eigenvalue weighted by Gasteiger charge is 2.28. The molecule has 0 saturated carbocycles. The number of methoxy groups -OCH3 is 1. The van der Waals surface area contributed by atoms with Gasteiger partial charge in [0, 0.05) is 37.7 Å². The second-order valence-electron chi connectivity index (χ2n) is 9.19. The predicted octanol–water partition coefficient (Wildman–Crippen LogP) is 1.37. The van der Waals surface area contributed by atoms with E-state index in [0.717, 1.165) is 6.54 Å². The van der Waals surface area contributed by atoms with E-state index in [1.54, 1.807) is 36.3 Å². The summed E-state index contributed by atoms with van der Waals surface area (Å²) in [5, 5.41) is 5.74. The van der Waals surface area contributed by atoms with Crippen LogP contribution in [0.1, 0.15) is 37.0 Å². The number of carbonyl (C=O) groups is 3. The molecule has 0 aromatic heterocycles. The van der Waals surface area contributed by atoms with Crippen molar-refractivity contribution in [3.05, 3.63) is 29.8 Å². The normalized spacial score (nSPS) is 15.0. The summed E-state index contributed by atoms with van der Waals surface area (Å²) in [5.74, 6) is 0.221. The Morgan fingerprint density at radius 3 is 2.26 bits per heavy atom. The predicted molar refractivity (Wildman–Crippen MR) is 120 cm³/mol. The molecule has 1 aromatic rings. The molecule has 8 heteroatoms. The lowest BCUT2D eigenvalue weighted by atomic mass is 9.91. The third-order valence-electron chi connectivity index (χ3n) is 5.46. The topological polar surface area (TPSA) is 91.0 Å². The second kappa shape index (κ2) is 11.1. The van der Waals surface area contributed by atoms with E-state index in [9.17, 15) is 14.4 Å². The molecule has 3 amide bonds. The zero-order chi connectivity index (χ0) is 23.0. The highest BCUT2D eigenvalue weighted by Crippen LogP contribution is 2.19. The van der Waals surface area contributed by atoms with Crippen molar-refractivity contribution in [2.45, 2.75) is 26.7 Å². The number of nitrogens with zero attached hydrogens (tertiary/aromatic N) is 2. The molecule has 2 N–H and O–H groups in total. The van der Waals surface area contributed by atoms with Gasteiger partial charge in [0.05, 0.1) is 13.7 Å². The molecule has 1 aliphatic heterocycles. The van der Waals surface area contributed by atoms with Crippen molar-refractivity contribution in [1.29, 1.82) is 0 Å². The standard InChI is InChI=1S/C23H36N4O4/c1-23(2,16-26(3)4)15-25-22(30)18-10-12-27(13-11-18)20(28)14-24-21(29)17-6-8-19(31-5)9-7-17/h6-9,18H,10-16H2,1-5H3,(H,24,29)(H,25,30).